The van der Waals surface area contributed by atoms with Crippen molar-refractivity contribution in [1.82, 2.24) is 5.32 Å². The second kappa shape index (κ2) is 10.1. The normalized spacial score (nSPS) is 12.6. The zero-order chi connectivity index (χ0) is 14.8. The Kier molecular flexibility index (Phi) is 8.83. The quantitative estimate of drug-likeness (QED) is 0.654. The Hall–Kier alpha value is -0.640. The Morgan fingerprint density at radius 3 is 2.85 bits per heavy atom. The highest BCUT2D eigenvalue weighted by atomic mass is 35.5. The van der Waals surface area contributed by atoms with Crippen LogP contribution in [0.25, 0.3) is 0 Å². The van der Waals surface area contributed by atoms with Crippen molar-refractivity contribution < 1.29 is 9.13 Å². The van der Waals surface area contributed by atoms with E-state index in [4.69, 9.17) is 16.3 Å². The molecule has 0 fully saturated rings. The number of benzene rings is 1. The molecule has 1 rings (SSSR count). The van der Waals surface area contributed by atoms with Crippen molar-refractivity contribution in [3.8, 4) is 0 Å². The zero-order valence-corrected chi connectivity index (χ0v) is 13.2. The third kappa shape index (κ3) is 6.69. The lowest BCUT2D eigenvalue weighted by Gasteiger charge is -2.19. The van der Waals surface area contributed by atoms with E-state index in [1.807, 2.05) is 6.92 Å². The van der Waals surface area contributed by atoms with Crippen LogP contribution < -0.4 is 5.32 Å². The maximum Gasteiger partial charge on any atom is 0.126 e. The molecule has 0 spiro atoms. The molecule has 0 radical (unpaired) electrons. The van der Waals surface area contributed by atoms with Gasteiger partial charge < -0.3 is 10.1 Å². The van der Waals surface area contributed by atoms with Gasteiger partial charge in [-0.05, 0) is 62.9 Å². The largest absolute Gasteiger partial charge is 0.382 e. The number of rotatable bonds is 10. The van der Waals surface area contributed by atoms with Gasteiger partial charge in [-0.3, -0.25) is 0 Å². The molecule has 1 N–H and O–H groups in total. The molecular formula is C16H25ClFNO. The topological polar surface area (TPSA) is 21.3 Å². The number of ether oxygens (including phenoxy) is 1. The molecule has 1 aromatic rings. The van der Waals surface area contributed by atoms with Gasteiger partial charge >= 0.3 is 0 Å². The van der Waals surface area contributed by atoms with Gasteiger partial charge in [0.25, 0.3) is 0 Å². The second-order valence-corrected chi connectivity index (χ2v) is 5.37. The second-order valence-electron chi connectivity index (χ2n) is 4.93. The molecule has 0 heterocycles. The average Bonchev–Trinajstić information content (AvgIpc) is 2.44. The molecule has 0 saturated carbocycles. The molecular weight excluding hydrogens is 277 g/mol. The van der Waals surface area contributed by atoms with Gasteiger partial charge in [0.15, 0.2) is 0 Å². The predicted molar refractivity (Wildman–Crippen MR) is 82.9 cm³/mol. The van der Waals surface area contributed by atoms with Gasteiger partial charge in [0.1, 0.15) is 5.82 Å². The van der Waals surface area contributed by atoms with E-state index >= 15 is 0 Å². The lowest BCUT2D eigenvalue weighted by Crippen LogP contribution is -2.32. The first kappa shape index (κ1) is 17.4. The molecule has 0 aliphatic carbocycles. The smallest absolute Gasteiger partial charge is 0.126 e. The molecule has 20 heavy (non-hydrogen) atoms. The summed E-state index contributed by atoms with van der Waals surface area (Å²) in [4.78, 5) is 0. The molecule has 4 heteroatoms. The Morgan fingerprint density at radius 2 is 2.15 bits per heavy atom. The molecule has 1 aromatic carbocycles. The van der Waals surface area contributed by atoms with Crippen LogP contribution in [0.5, 0.6) is 0 Å². The summed E-state index contributed by atoms with van der Waals surface area (Å²) >= 11 is 5.94. The minimum atomic E-state index is -0.178. The summed E-state index contributed by atoms with van der Waals surface area (Å²) in [7, 11) is 0. The number of halogens is 2. The van der Waals surface area contributed by atoms with E-state index in [2.05, 4.69) is 12.2 Å². The van der Waals surface area contributed by atoms with Gasteiger partial charge in [0.05, 0.1) is 0 Å². The highest BCUT2D eigenvalue weighted by molar-refractivity contribution is 6.30. The van der Waals surface area contributed by atoms with Crippen LogP contribution in [0.2, 0.25) is 5.02 Å². The molecule has 1 atom stereocenters. The first-order valence-electron chi connectivity index (χ1n) is 7.42. The van der Waals surface area contributed by atoms with Crippen molar-refractivity contribution in [2.75, 3.05) is 19.8 Å². The van der Waals surface area contributed by atoms with Crippen LogP contribution >= 0.6 is 11.6 Å². The Balaban J connectivity index is 2.55. The molecule has 114 valence electrons. The van der Waals surface area contributed by atoms with Crippen molar-refractivity contribution in [2.24, 2.45) is 0 Å². The van der Waals surface area contributed by atoms with Crippen molar-refractivity contribution in [3.05, 3.63) is 34.6 Å². The maximum atomic E-state index is 13.8. The van der Waals surface area contributed by atoms with Crippen LogP contribution in [0, 0.1) is 5.82 Å². The Morgan fingerprint density at radius 1 is 1.35 bits per heavy atom. The number of hydrogen-bond acceptors (Lipinski definition) is 2. The lowest BCUT2D eigenvalue weighted by atomic mass is 10.0. The van der Waals surface area contributed by atoms with Crippen molar-refractivity contribution in [1.29, 1.82) is 0 Å². The average molecular weight is 302 g/mol. The van der Waals surface area contributed by atoms with Crippen LogP contribution in [0.4, 0.5) is 4.39 Å². The molecule has 0 aliphatic heterocycles. The molecule has 0 aliphatic rings. The number of hydrogen-bond donors (Lipinski definition) is 1. The van der Waals surface area contributed by atoms with Gasteiger partial charge in [-0.2, -0.15) is 0 Å². The van der Waals surface area contributed by atoms with Crippen LogP contribution in [-0.2, 0) is 11.2 Å². The van der Waals surface area contributed by atoms with E-state index in [9.17, 15) is 4.39 Å². The minimum absolute atomic E-state index is 0.178. The van der Waals surface area contributed by atoms with Crippen LogP contribution in [-0.4, -0.2) is 25.8 Å². The van der Waals surface area contributed by atoms with E-state index in [0.29, 0.717) is 17.0 Å². The van der Waals surface area contributed by atoms with Gasteiger partial charge in [-0.25, -0.2) is 4.39 Å². The van der Waals surface area contributed by atoms with Crippen molar-refractivity contribution in [3.63, 3.8) is 0 Å². The standard InChI is InChI=1S/C16H25ClFNO/c1-3-9-19-15(6-5-10-20-4-2)12-13-11-14(17)7-8-16(13)18/h7-8,11,15,19H,3-6,9-10,12H2,1-2H3. The van der Waals surface area contributed by atoms with E-state index in [1.54, 1.807) is 12.1 Å². The van der Waals surface area contributed by atoms with Gasteiger partial charge in [0.2, 0.25) is 0 Å². The van der Waals surface area contributed by atoms with Gasteiger partial charge in [-0.15, -0.1) is 0 Å². The van der Waals surface area contributed by atoms with Crippen LogP contribution in [0.3, 0.4) is 0 Å². The lowest BCUT2D eigenvalue weighted by molar-refractivity contribution is 0.140. The van der Waals surface area contributed by atoms with E-state index in [1.165, 1.54) is 6.07 Å². The molecule has 0 saturated heterocycles. The third-order valence-electron chi connectivity index (χ3n) is 3.20. The monoisotopic (exact) mass is 301 g/mol. The highest BCUT2D eigenvalue weighted by Crippen LogP contribution is 2.17. The number of nitrogens with one attached hydrogen (secondary N) is 1. The maximum absolute atomic E-state index is 13.8. The van der Waals surface area contributed by atoms with E-state index < -0.39 is 0 Å². The van der Waals surface area contributed by atoms with Crippen molar-refractivity contribution in [2.45, 2.75) is 45.6 Å². The summed E-state index contributed by atoms with van der Waals surface area (Å²) in [5.41, 5.74) is 0.683. The van der Waals surface area contributed by atoms with E-state index in [-0.39, 0.29) is 11.9 Å². The van der Waals surface area contributed by atoms with Crippen molar-refractivity contribution >= 4 is 11.6 Å². The fourth-order valence-corrected chi connectivity index (χ4v) is 2.36. The summed E-state index contributed by atoms with van der Waals surface area (Å²) in [6, 6.07) is 5.02. The van der Waals surface area contributed by atoms with Crippen LogP contribution in [0.15, 0.2) is 18.2 Å². The molecule has 0 amide bonds. The van der Waals surface area contributed by atoms with Gasteiger partial charge in [-0.1, -0.05) is 18.5 Å². The first-order chi connectivity index (χ1) is 9.67. The fraction of sp³-hybridized carbons (Fsp3) is 0.625. The Labute approximate surface area is 126 Å². The molecule has 0 aromatic heterocycles. The third-order valence-corrected chi connectivity index (χ3v) is 3.44. The zero-order valence-electron chi connectivity index (χ0n) is 12.4. The SMILES string of the molecule is CCCNC(CCCOCC)Cc1cc(Cl)ccc1F. The molecule has 2 nitrogen and oxygen atoms in total. The van der Waals surface area contributed by atoms with Gasteiger partial charge in [0, 0.05) is 24.3 Å². The summed E-state index contributed by atoms with van der Waals surface area (Å²) in [5.74, 6) is -0.178. The molecule has 0 bridgehead atoms. The summed E-state index contributed by atoms with van der Waals surface area (Å²) in [5, 5.41) is 4.06. The van der Waals surface area contributed by atoms with Crippen LogP contribution in [0.1, 0.15) is 38.7 Å². The molecule has 1 unspecified atom stereocenters. The summed E-state index contributed by atoms with van der Waals surface area (Å²) < 4.78 is 19.1. The highest BCUT2D eigenvalue weighted by Gasteiger charge is 2.12. The predicted octanol–water partition coefficient (Wildman–Crippen LogP) is 4.21. The first-order valence-corrected chi connectivity index (χ1v) is 7.80. The Bertz CT molecular complexity index is 387. The summed E-state index contributed by atoms with van der Waals surface area (Å²) in [6.07, 6.45) is 3.70. The summed E-state index contributed by atoms with van der Waals surface area (Å²) in [6.45, 7) is 6.58. The minimum Gasteiger partial charge on any atom is -0.382 e. The fourth-order valence-electron chi connectivity index (χ4n) is 2.17. The van der Waals surface area contributed by atoms with E-state index in [0.717, 1.165) is 39.0 Å².